The fraction of sp³-hybridized carbons (Fsp3) is 0.579. The third-order valence-electron chi connectivity index (χ3n) is 5.48. The molecule has 1 saturated heterocycles. The summed E-state index contributed by atoms with van der Waals surface area (Å²) in [5.41, 5.74) is -0.888. The molecule has 0 saturated carbocycles. The third kappa shape index (κ3) is 3.89. The first-order valence-corrected chi connectivity index (χ1v) is 8.97. The van der Waals surface area contributed by atoms with Crippen LogP contribution in [0.3, 0.4) is 0 Å². The molecule has 0 radical (unpaired) electrons. The smallest absolute Gasteiger partial charge is 0.389 e. The number of halogens is 3. The summed E-state index contributed by atoms with van der Waals surface area (Å²) in [7, 11) is 0. The van der Waals surface area contributed by atoms with Crippen molar-refractivity contribution in [2.24, 2.45) is 5.16 Å². The maximum Gasteiger partial charge on any atom is 0.397 e. The summed E-state index contributed by atoms with van der Waals surface area (Å²) in [6.45, 7) is 5.21. The zero-order valence-electron chi connectivity index (χ0n) is 15.7. The summed E-state index contributed by atoms with van der Waals surface area (Å²) >= 11 is 0. The number of nitrogens with one attached hydrogen (secondary N) is 1. The van der Waals surface area contributed by atoms with Crippen molar-refractivity contribution in [1.29, 1.82) is 0 Å². The number of piperidine rings is 1. The molecule has 3 rings (SSSR count). The first kappa shape index (κ1) is 19.5. The van der Waals surface area contributed by atoms with Crippen LogP contribution in [0.1, 0.15) is 45.6 Å². The van der Waals surface area contributed by atoms with Crippen LogP contribution in [-0.4, -0.2) is 41.5 Å². The van der Waals surface area contributed by atoms with Gasteiger partial charge in [-0.3, -0.25) is 0 Å². The molecule has 1 spiro atoms. The van der Waals surface area contributed by atoms with Crippen LogP contribution < -0.4 is 5.32 Å². The Balaban J connectivity index is 1.63. The van der Waals surface area contributed by atoms with Crippen molar-refractivity contribution in [2.45, 2.75) is 57.2 Å². The molecule has 2 amide bonds. The van der Waals surface area contributed by atoms with E-state index in [4.69, 9.17) is 4.84 Å². The Labute approximate surface area is 156 Å². The van der Waals surface area contributed by atoms with Crippen LogP contribution in [0.5, 0.6) is 0 Å². The highest BCUT2D eigenvalue weighted by Gasteiger charge is 2.48. The number of alkyl halides is 3. The fourth-order valence-electron chi connectivity index (χ4n) is 3.44. The lowest BCUT2D eigenvalue weighted by molar-refractivity contribution is -0.180. The number of oxime groups is 1. The standard InChI is InChI=1S/C19H24F3N3O2/c1-13-12-18(27-24-13)7-9-25(10-8-18)16(26)23-15-6-4-5-14(11-15)17(2,3)19(20,21)22/h4-6,11H,7-10,12H2,1-3H3,(H,23,26). The van der Waals surface area contributed by atoms with Gasteiger partial charge in [0.1, 0.15) is 5.60 Å². The Morgan fingerprint density at radius 1 is 1.26 bits per heavy atom. The number of amides is 2. The minimum absolute atomic E-state index is 0.109. The predicted octanol–water partition coefficient (Wildman–Crippen LogP) is 4.69. The van der Waals surface area contributed by atoms with Gasteiger partial charge in [-0.15, -0.1) is 0 Å². The van der Waals surface area contributed by atoms with Crippen molar-refractivity contribution in [3.63, 3.8) is 0 Å². The van der Waals surface area contributed by atoms with Crippen molar-refractivity contribution < 1.29 is 22.8 Å². The number of benzene rings is 1. The van der Waals surface area contributed by atoms with Gasteiger partial charge >= 0.3 is 12.2 Å². The van der Waals surface area contributed by atoms with E-state index in [0.717, 1.165) is 26.0 Å². The molecular weight excluding hydrogens is 359 g/mol. The van der Waals surface area contributed by atoms with Gasteiger partial charge < -0.3 is 15.1 Å². The Bertz CT molecular complexity index is 751. The van der Waals surface area contributed by atoms with Gasteiger partial charge in [0.25, 0.3) is 0 Å². The molecule has 0 unspecified atom stereocenters. The Morgan fingerprint density at radius 2 is 1.93 bits per heavy atom. The molecule has 0 aromatic heterocycles. The average Bonchev–Trinajstić information content (AvgIpc) is 2.95. The summed E-state index contributed by atoms with van der Waals surface area (Å²) in [5, 5.41) is 6.72. The molecule has 8 heteroatoms. The first-order chi connectivity index (χ1) is 12.5. The van der Waals surface area contributed by atoms with E-state index < -0.39 is 11.6 Å². The lowest BCUT2D eigenvalue weighted by atomic mass is 9.84. The van der Waals surface area contributed by atoms with E-state index in [1.54, 1.807) is 11.0 Å². The Kier molecular flexibility index (Phi) is 4.86. The molecular formula is C19H24F3N3O2. The molecule has 0 aliphatic carbocycles. The van der Waals surface area contributed by atoms with Crippen LogP contribution in [0.4, 0.5) is 23.7 Å². The van der Waals surface area contributed by atoms with Crippen molar-refractivity contribution >= 4 is 17.4 Å². The SMILES string of the molecule is CC1=NOC2(CCN(C(=O)Nc3cccc(C(C)(C)C(F)(F)F)c3)CC2)C1. The van der Waals surface area contributed by atoms with Gasteiger partial charge in [0.05, 0.1) is 11.1 Å². The van der Waals surface area contributed by atoms with Gasteiger partial charge in [-0.25, -0.2) is 4.79 Å². The molecule has 0 atom stereocenters. The maximum absolute atomic E-state index is 13.3. The fourth-order valence-corrected chi connectivity index (χ4v) is 3.44. The second-order valence-electron chi connectivity index (χ2n) is 7.90. The molecule has 2 aliphatic rings. The van der Waals surface area contributed by atoms with Crippen molar-refractivity contribution in [1.82, 2.24) is 4.90 Å². The zero-order chi connectivity index (χ0) is 19.9. The van der Waals surface area contributed by atoms with E-state index in [1.165, 1.54) is 18.2 Å². The zero-order valence-corrected chi connectivity index (χ0v) is 15.7. The van der Waals surface area contributed by atoms with Crippen LogP contribution in [0, 0.1) is 0 Å². The second kappa shape index (κ2) is 6.73. The lowest BCUT2D eigenvalue weighted by Crippen LogP contribution is -2.48. The molecule has 1 aromatic rings. The molecule has 5 nitrogen and oxygen atoms in total. The van der Waals surface area contributed by atoms with Gasteiger partial charge in [-0.2, -0.15) is 13.2 Å². The number of carbonyl (C=O) groups excluding carboxylic acids is 1. The third-order valence-corrected chi connectivity index (χ3v) is 5.48. The molecule has 1 fully saturated rings. The van der Waals surface area contributed by atoms with Gasteiger partial charge in [0, 0.05) is 38.0 Å². The largest absolute Gasteiger partial charge is 0.397 e. The van der Waals surface area contributed by atoms with Crippen LogP contribution in [-0.2, 0) is 10.3 Å². The quantitative estimate of drug-likeness (QED) is 0.806. The summed E-state index contributed by atoms with van der Waals surface area (Å²) < 4.78 is 39.8. The van der Waals surface area contributed by atoms with Gasteiger partial charge in [-0.1, -0.05) is 17.3 Å². The molecule has 1 aromatic carbocycles. The van der Waals surface area contributed by atoms with E-state index in [0.29, 0.717) is 31.6 Å². The number of hydrogen-bond acceptors (Lipinski definition) is 3. The molecule has 2 heterocycles. The number of likely N-dealkylation sites (tertiary alicyclic amines) is 1. The van der Waals surface area contributed by atoms with Crippen LogP contribution >= 0.6 is 0 Å². The number of rotatable bonds is 2. The maximum atomic E-state index is 13.3. The topological polar surface area (TPSA) is 53.9 Å². The first-order valence-electron chi connectivity index (χ1n) is 8.97. The summed E-state index contributed by atoms with van der Waals surface area (Å²) in [4.78, 5) is 19.7. The highest BCUT2D eigenvalue weighted by Crippen LogP contribution is 2.41. The van der Waals surface area contributed by atoms with E-state index in [1.807, 2.05) is 6.92 Å². The van der Waals surface area contributed by atoms with Crippen molar-refractivity contribution in [3.8, 4) is 0 Å². The Morgan fingerprint density at radius 3 is 2.48 bits per heavy atom. The normalized spacial score (nSPS) is 19.6. The number of urea groups is 1. The van der Waals surface area contributed by atoms with Crippen LogP contribution in [0.2, 0.25) is 0 Å². The summed E-state index contributed by atoms with van der Waals surface area (Å²) in [6.07, 6.45) is -2.24. The van der Waals surface area contributed by atoms with Crippen molar-refractivity contribution in [2.75, 3.05) is 18.4 Å². The lowest BCUT2D eigenvalue weighted by Gasteiger charge is -2.37. The van der Waals surface area contributed by atoms with Gasteiger partial charge in [-0.05, 0) is 38.5 Å². The molecule has 1 N–H and O–H groups in total. The summed E-state index contributed by atoms with van der Waals surface area (Å²) in [5.74, 6) is 0. The minimum Gasteiger partial charge on any atom is -0.389 e. The van der Waals surface area contributed by atoms with Gasteiger partial charge in [0.2, 0.25) is 0 Å². The summed E-state index contributed by atoms with van der Waals surface area (Å²) in [6, 6.07) is 5.61. The van der Waals surface area contributed by atoms with Crippen molar-refractivity contribution in [3.05, 3.63) is 29.8 Å². The minimum atomic E-state index is -4.38. The predicted molar refractivity (Wildman–Crippen MR) is 96.9 cm³/mol. The number of carbonyl (C=O) groups is 1. The monoisotopic (exact) mass is 383 g/mol. The van der Waals surface area contributed by atoms with Crippen LogP contribution in [0.25, 0.3) is 0 Å². The second-order valence-corrected chi connectivity index (χ2v) is 7.90. The molecule has 0 bridgehead atoms. The molecule has 2 aliphatic heterocycles. The Hall–Kier alpha value is -2.25. The molecule has 27 heavy (non-hydrogen) atoms. The molecule has 148 valence electrons. The number of anilines is 1. The number of nitrogens with zero attached hydrogens (tertiary/aromatic N) is 2. The average molecular weight is 383 g/mol. The van der Waals surface area contributed by atoms with E-state index in [9.17, 15) is 18.0 Å². The number of hydrogen-bond donors (Lipinski definition) is 1. The highest BCUT2D eigenvalue weighted by molar-refractivity contribution is 5.89. The van der Waals surface area contributed by atoms with E-state index in [-0.39, 0.29) is 17.2 Å². The van der Waals surface area contributed by atoms with E-state index in [2.05, 4.69) is 10.5 Å². The highest BCUT2D eigenvalue weighted by atomic mass is 19.4. The van der Waals surface area contributed by atoms with Gasteiger partial charge in [0.15, 0.2) is 0 Å². The van der Waals surface area contributed by atoms with E-state index >= 15 is 0 Å². The van der Waals surface area contributed by atoms with Crippen LogP contribution in [0.15, 0.2) is 29.4 Å².